The van der Waals surface area contributed by atoms with E-state index in [1.54, 1.807) is 0 Å². The highest BCUT2D eigenvalue weighted by Crippen LogP contribution is 2.34. The van der Waals surface area contributed by atoms with E-state index in [9.17, 15) is 19.2 Å². The number of hydrogen-bond acceptors (Lipinski definition) is 8. The van der Waals surface area contributed by atoms with Crippen molar-refractivity contribution in [2.45, 2.75) is 52.4 Å². The third kappa shape index (κ3) is 5.34. The van der Waals surface area contributed by atoms with Gasteiger partial charge in [-0.05, 0) is 6.42 Å². The van der Waals surface area contributed by atoms with Crippen LogP contribution in [0, 0.1) is 5.92 Å². The molecule has 1 saturated carbocycles. The van der Waals surface area contributed by atoms with Crippen molar-refractivity contribution in [1.82, 2.24) is 0 Å². The third-order valence-electron chi connectivity index (χ3n) is 3.11. The Labute approximate surface area is 128 Å². The molecule has 0 aromatic rings. The molecule has 0 unspecified atom stereocenters. The lowest BCUT2D eigenvalue weighted by Gasteiger charge is -2.25. The predicted octanol–water partition coefficient (Wildman–Crippen LogP) is 0.364. The molecule has 0 N–H and O–H groups in total. The minimum absolute atomic E-state index is 0.0250. The van der Waals surface area contributed by atoms with E-state index in [2.05, 4.69) is 0 Å². The topological polar surface area (TPSA) is 105 Å². The number of hydrogen-bond donors (Lipinski definition) is 0. The molecule has 0 radical (unpaired) electrons. The molecule has 1 fully saturated rings. The van der Waals surface area contributed by atoms with Crippen LogP contribution < -0.4 is 0 Å². The Morgan fingerprint density at radius 2 is 1.27 bits per heavy atom. The average Bonchev–Trinajstić information content (AvgIpc) is 2.63. The second kappa shape index (κ2) is 7.77. The fourth-order valence-corrected chi connectivity index (χ4v) is 2.45. The van der Waals surface area contributed by atoms with Crippen molar-refractivity contribution < 1.29 is 38.1 Å². The van der Waals surface area contributed by atoms with Crippen molar-refractivity contribution in [1.29, 1.82) is 0 Å². The molecule has 1 aliphatic rings. The summed E-state index contributed by atoms with van der Waals surface area (Å²) in [6.45, 7) is 4.87. The maximum absolute atomic E-state index is 11.3. The number of ether oxygens (including phenoxy) is 4. The number of carbonyl (C=O) groups is 4. The molecule has 0 aromatic heterocycles. The van der Waals surface area contributed by atoms with Crippen molar-refractivity contribution in [2.24, 2.45) is 5.92 Å². The van der Waals surface area contributed by atoms with E-state index in [-0.39, 0.29) is 13.0 Å². The van der Waals surface area contributed by atoms with Crippen LogP contribution in [0.3, 0.4) is 0 Å². The van der Waals surface area contributed by atoms with E-state index in [4.69, 9.17) is 18.9 Å². The summed E-state index contributed by atoms with van der Waals surface area (Å²) in [5, 5.41) is 0. The van der Waals surface area contributed by atoms with Gasteiger partial charge in [0.25, 0.3) is 0 Å². The lowest BCUT2D eigenvalue weighted by molar-refractivity contribution is -0.176. The molecule has 0 saturated heterocycles. The van der Waals surface area contributed by atoms with Crippen molar-refractivity contribution >= 4 is 23.9 Å². The molecule has 0 heterocycles. The molecule has 1 aliphatic carbocycles. The van der Waals surface area contributed by atoms with E-state index in [1.807, 2.05) is 0 Å². The van der Waals surface area contributed by atoms with E-state index in [0.717, 1.165) is 0 Å². The minimum Gasteiger partial charge on any atom is -0.465 e. The van der Waals surface area contributed by atoms with Crippen molar-refractivity contribution in [3.8, 4) is 0 Å². The normalized spacial score (nSPS) is 26.9. The van der Waals surface area contributed by atoms with Crippen LogP contribution in [0.2, 0.25) is 0 Å². The van der Waals surface area contributed by atoms with Crippen molar-refractivity contribution in [3.63, 3.8) is 0 Å². The minimum atomic E-state index is -0.925. The van der Waals surface area contributed by atoms with Crippen LogP contribution in [0.15, 0.2) is 0 Å². The lowest BCUT2D eigenvalue weighted by Crippen LogP contribution is -2.40. The first-order valence-corrected chi connectivity index (χ1v) is 6.85. The summed E-state index contributed by atoms with van der Waals surface area (Å²) in [4.78, 5) is 44.6. The molecule has 8 nitrogen and oxygen atoms in total. The van der Waals surface area contributed by atoms with Crippen LogP contribution in [0.25, 0.3) is 0 Å². The Hall–Kier alpha value is -2.12. The molecule has 0 bridgehead atoms. The van der Waals surface area contributed by atoms with Crippen LogP contribution in [0.5, 0.6) is 0 Å². The molecular formula is C14H20O8. The van der Waals surface area contributed by atoms with Crippen LogP contribution in [0.4, 0.5) is 0 Å². The zero-order chi connectivity index (χ0) is 16.9. The molecule has 22 heavy (non-hydrogen) atoms. The van der Waals surface area contributed by atoms with Gasteiger partial charge in [0.2, 0.25) is 0 Å². The van der Waals surface area contributed by atoms with Gasteiger partial charge < -0.3 is 18.9 Å². The van der Waals surface area contributed by atoms with E-state index < -0.39 is 48.1 Å². The van der Waals surface area contributed by atoms with Crippen LogP contribution in [-0.2, 0) is 38.1 Å². The molecule has 0 spiro atoms. The summed E-state index contributed by atoms with van der Waals surface area (Å²) in [5.74, 6) is -2.62. The maximum atomic E-state index is 11.3. The molecule has 1 rings (SSSR count). The fourth-order valence-electron chi connectivity index (χ4n) is 2.45. The van der Waals surface area contributed by atoms with Gasteiger partial charge in [-0.15, -0.1) is 0 Å². The van der Waals surface area contributed by atoms with Gasteiger partial charge in [0.15, 0.2) is 6.10 Å². The first-order chi connectivity index (χ1) is 10.2. The second-order valence-corrected chi connectivity index (χ2v) is 5.09. The van der Waals surface area contributed by atoms with Gasteiger partial charge in [0.1, 0.15) is 12.2 Å². The Kier molecular flexibility index (Phi) is 6.33. The Balaban J connectivity index is 2.94. The highest BCUT2D eigenvalue weighted by Gasteiger charge is 2.50. The largest absolute Gasteiger partial charge is 0.465 e. The van der Waals surface area contributed by atoms with E-state index in [0.29, 0.717) is 0 Å². The summed E-state index contributed by atoms with van der Waals surface area (Å²) in [7, 11) is 0. The van der Waals surface area contributed by atoms with Gasteiger partial charge in [-0.2, -0.15) is 0 Å². The summed E-state index contributed by atoms with van der Waals surface area (Å²) >= 11 is 0. The van der Waals surface area contributed by atoms with Crippen molar-refractivity contribution in [2.75, 3.05) is 6.61 Å². The first-order valence-electron chi connectivity index (χ1n) is 6.85. The highest BCUT2D eigenvalue weighted by molar-refractivity contribution is 5.68. The van der Waals surface area contributed by atoms with E-state index >= 15 is 0 Å². The smallest absolute Gasteiger partial charge is 0.303 e. The predicted molar refractivity (Wildman–Crippen MR) is 71.4 cm³/mol. The Morgan fingerprint density at radius 3 is 1.73 bits per heavy atom. The molecule has 8 heteroatoms. The highest BCUT2D eigenvalue weighted by atomic mass is 16.6. The molecule has 124 valence electrons. The van der Waals surface area contributed by atoms with Gasteiger partial charge in [0, 0.05) is 33.6 Å². The zero-order valence-corrected chi connectivity index (χ0v) is 13.0. The van der Waals surface area contributed by atoms with Gasteiger partial charge in [-0.3, -0.25) is 19.2 Å². The molecule has 4 atom stereocenters. The summed E-state index contributed by atoms with van der Waals surface area (Å²) in [6.07, 6.45) is -2.27. The number of rotatable bonds is 5. The van der Waals surface area contributed by atoms with Crippen LogP contribution in [0.1, 0.15) is 34.1 Å². The first kappa shape index (κ1) is 17.9. The van der Waals surface area contributed by atoms with Gasteiger partial charge in [-0.25, -0.2) is 0 Å². The summed E-state index contributed by atoms with van der Waals surface area (Å²) < 4.78 is 20.4. The number of esters is 4. The summed E-state index contributed by atoms with van der Waals surface area (Å²) in [6, 6.07) is 0. The van der Waals surface area contributed by atoms with Crippen molar-refractivity contribution in [3.05, 3.63) is 0 Å². The van der Waals surface area contributed by atoms with Crippen LogP contribution >= 0.6 is 0 Å². The third-order valence-corrected chi connectivity index (χ3v) is 3.11. The van der Waals surface area contributed by atoms with E-state index in [1.165, 1.54) is 27.7 Å². The number of carbonyl (C=O) groups excluding carboxylic acids is 4. The molecule has 0 aliphatic heterocycles. The average molecular weight is 316 g/mol. The monoisotopic (exact) mass is 316 g/mol. The fraction of sp³-hybridized carbons (Fsp3) is 0.714. The molecular weight excluding hydrogens is 296 g/mol. The lowest BCUT2D eigenvalue weighted by atomic mass is 10.1. The van der Waals surface area contributed by atoms with Crippen LogP contribution in [-0.4, -0.2) is 48.8 Å². The maximum Gasteiger partial charge on any atom is 0.303 e. The quantitative estimate of drug-likeness (QED) is 0.529. The van der Waals surface area contributed by atoms with Gasteiger partial charge in [-0.1, -0.05) is 0 Å². The van der Waals surface area contributed by atoms with Gasteiger partial charge in [0.05, 0.1) is 6.61 Å². The standard InChI is InChI=1S/C14H20O8/c1-7(15)19-6-11-5-12(20-8(2)16)14(22-10(4)18)13(11)21-9(3)17/h11-14H,5-6H2,1-4H3/t11-,12-,13+,14-/m1/s1. The zero-order valence-electron chi connectivity index (χ0n) is 13.0. The van der Waals surface area contributed by atoms with Gasteiger partial charge >= 0.3 is 23.9 Å². The Morgan fingerprint density at radius 1 is 0.773 bits per heavy atom. The Bertz CT molecular complexity index is 458. The second-order valence-electron chi connectivity index (χ2n) is 5.09. The molecule has 0 aromatic carbocycles. The SMILES string of the molecule is CC(=O)OC[C@H]1C[C@@H](OC(C)=O)[C@@H](OC(C)=O)[C@H]1OC(C)=O. The molecule has 0 amide bonds. The summed E-state index contributed by atoms with van der Waals surface area (Å²) in [5.41, 5.74) is 0.